The summed E-state index contributed by atoms with van der Waals surface area (Å²) in [6.07, 6.45) is 2.99. The maximum atomic E-state index is 12.6. The predicted octanol–water partition coefficient (Wildman–Crippen LogP) is 3.31. The molecule has 0 radical (unpaired) electrons. The van der Waals surface area contributed by atoms with Gasteiger partial charge in [0.15, 0.2) is 11.5 Å². The van der Waals surface area contributed by atoms with Crippen LogP contribution in [0.5, 0.6) is 11.5 Å². The van der Waals surface area contributed by atoms with Gasteiger partial charge in [-0.2, -0.15) is 4.98 Å². The molecule has 1 amide bonds. The molecular weight excluding hydrogens is 522 g/mol. The topological polar surface area (TPSA) is 86.7 Å². The quantitative estimate of drug-likeness (QED) is 0.442. The van der Waals surface area contributed by atoms with Crippen molar-refractivity contribution in [1.82, 2.24) is 24.7 Å². The lowest BCUT2D eigenvalue weighted by Crippen LogP contribution is -2.50. The molecule has 41 heavy (non-hydrogen) atoms. The van der Waals surface area contributed by atoms with Gasteiger partial charge in [0, 0.05) is 83.4 Å². The predicted molar refractivity (Wildman–Crippen MR) is 162 cm³/mol. The number of aromatic nitrogens is 2. The number of benzene rings is 1. The van der Waals surface area contributed by atoms with E-state index < -0.39 is 5.60 Å². The van der Waals surface area contributed by atoms with Crippen LogP contribution in [0.25, 0.3) is 10.9 Å². The number of anilines is 2. The van der Waals surface area contributed by atoms with Gasteiger partial charge in [-0.3, -0.25) is 0 Å². The van der Waals surface area contributed by atoms with Crippen LogP contribution in [0.15, 0.2) is 12.1 Å². The highest BCUT2D eigenvalue weighted by Gasteiger charge is 2.28. The molecule has 3 saturated heterocycles. The van der Waals surface area contributed by atoms with Crippen molar-refractivity contribution in [2.24, 2.45) is 0 Å². The van der Waals surface area contributed by atoms with Gasteiger partial charge in [0.1, 0.15) is 11.4 Å². The third kappa shape index (κ3) is 7.43. The van der Waals surface area contributed by atoms with Crippen molar-refractivity contribution in [3.05, 3.63) is 12.1 Å². The van der Waals surface area contributed by atoms with Gasteiger partial charge < -0.3 is 38.7 Å². The molecule has 2 aromatic rings. The van der Waals surface area contributed by atoms with Crippen molar-refractivity contribution < 1.29 is 19.0 Å². The number of amides is 1. The molecule has 0 N–H and O–H groups in total. The summed E-state index contributed by atoms with van der Waals surface area (Å²) in [4.78, 5) is 33.9. The molecule has 0 aliphatic carbocycles. The van der Waals surface area contributed by atoms with E-state index in [9.17, 15) is 4.79 Å². The second-order valence-electron chi connectivity index (χ2n) is 12.4. The van der Waals surface area contributed by atoms with Gasteiger partial charge in [-0.25, -0.2) is 9.78 Å². The summed E-state index contributed by atoms with van der Waals surface area (Å²) in [5, 5.41) is 0.931. The number of nitrogens with zero attached hydrogens (tertiary/aromatic N) is 7. The summed E-state index contributed by atoms with van der Waals surface area (Å²) >= 11 is 0. The van der Waals surface area contributed by atoms with Crippen LogP contribution >= 0.6 is 0 Å². The first-order chi connectivity index (χ1) is 19.7. The average molecular weight is 570 g/mol. The van der Waals surface area contributed by atoms with Gasteiger partial charge in [0.2, 0.25) is 5.95 Å². The Morgan fingerprint density at radius 2 is 1.59 bits per heavy atom. The van der Waals surface area contributed by atoms with Crippen molar-refractivity contribution in [3.8, 4) is 11.5 Å². The summed E-state index contributed by atoms with van der Waals surface area (Å²) < 4.78 is 17.7. The van der Waals surface area contributed by atoms with Crippen LogP contribution in [0.4, 0.5) is 16.6 Å². The highest BCUT2D eigenvalue weighted by atomic mass is 16.6. The minimum atomic E-state index is -0.511. The third-order valence-electron chi connectivity index (χ3n) is 8.04. The third-order valence-corrected chi connectivity index (χ3v) is 8.04. The Labute approximate surface area is 244 Å². The summed E-state index contributed by atoms with van der Waals surface area (Å²) in [6.45, 7) is 16.2. The van der Waals surface area contributed by atoms with E-state index in [4.69, 9.17) is 24.2 Å². The van der Waals surface area contributed by atoms with Gasteiger partial charge in [-0.15, -0.1) is 0 Å². The number of methoxy groups -OCH3 is 1. The molecule has 3 aliphatic heterocycles. The van der Waals surface area contributed by atoms with E-state index in [2.05, 4.69) is 26.6 Å². The molecule has 226 valence electrons. The molecule has 0 saturated carbocycles. The van der Waals surface area contributed by atoms with E-state index in [1.165, 1.54) is 0 Å². The molecule has 0 bridgehead atoms. The van der Waals surface area contributed by atoms with Crippen molar-refractivity contribution in [3.63, 3.8) is 0 Å². The van der Waals surface area contributed by atoms with E-state index in [0.717, 1.165) is 87.7 Å². The smallest absolute Gasteiger partial charge is 0.410 e. The number of piperazine rings is 2. The maximum absolute atomic E-state index is 12.6. The Morgan fingerprint density at radius 3 is 2.24 bits per heavy atom. The molecule has 0 spiro atoms. The number of carbonyl (C=O) groups is 1. The standard InChI is InChI=1S/C30H47N7O4/c1-30(2,3)41-29(38)37-18-16-35(17-19-37)27-23-21-25(39-5)26(40-20-8-9-34-14-12-33(4)13-15-34)22-24(23)31-28(32-27)36-10-6-7-11-36/h21-22H,6-20H2,1-5H3. The number of rotatable bonds is 8. The number of hydrogen-bond acceptors (Lipinski definition) is 10. The Kier molecular flexibility index (Phi) is 9.23. The number of fused-ring (bicyclic) bond motifs is 1. The minimum Gasteiger partial charge on any atom is -0.493 e. The highest BCUT2D eigenvalue weighted by Crippen LogP contribution is 2.37. The average Bonchev–Trinajstić information content (AvgIpc) is 3.50. The van der Waals surface area contributed by atoms with Gasteiger partial charge in [-0.1, -0.05) is 0 Å². The van der Waals surface area contributed by atoms with Crippen molar-refractivity contribution >= 4 is 28.8 Å². The normalized spacial score (nSPS) is 19.2. The van der Waals surface area contributed by atoms with Gasteiger partial charge in [0.05, 0.1) is 19.2 Å². The van der Waals surface area contributed by atoms with Crippen molar-refractivity contribution in [2.75, 3.05) is 103 Å². The highest BCUT2D eigenvalue weighted by molar-refractivity contribution is 5.93. The van der Waals surface area contributed by atoms with Crippen LogP contribution in [0.1, 0.15) is 40.0 Å². The number of likely N-dealkylation sites (N-methyl/N-ethyl adjacent to an activating group) is 1. The monoisotopic (exact) mass is 569 g/mol. The largest absolute Gasteiger partial charge is 0.493 e. The molecule has 1 aromatic heterocycles. The molecule has 3 fully saturated rings. The maximum Gasteiger partial charge on any atom is 0.410 e. The van der Waals surface area contributed by atoms with Gasteiger partial charge in [-0.05, 0) is 53.1 Å². The van der Waals surface area contributed by atoms with Gasteiger partial charge in [0.25, 0.3) is 0 Å². The molecule has 5 rings (SSSR count). The first-order valence-electron chi connectivity index (χ1n) is 15.1. The molecule has 0 unspecified atom stereocenters. The molecule has 3 aliphatic rings. The SMILES string of the molecule is COc1cc2c(N3CCN(C(=O)OC(C)(C)C)CC3)nc(N3CCCC3)nc2cc1OCCCN1CCN(C)CC1. The zero-order valence-corrected chi connectivity index (χ0v) is 25.5. The summed E-state index contributed by atoms with van der Waals surface area (Å²) in [7, 11) is 3.86. The lowest BCUT2D eigenvalue weighted by Gasteiger charge is -2.36. The summed E-state index contributed by atoms with van der Waals surface area (Å²) in [6, 6.07) is 4.01. The molecular formula is C30H47N7O4. The fourth-order valence-electron chi connectivity index (χ4n) is 5.65. The first kappa shape index (κ1) is 29.4. The van der Waals surface area contributed by atoms with Crippen LogP contribution in [-0.4, -0.2) is 129 Å². The van der Waals surface area contributed by atoms with E-state index in [-0.39, 0.29) is 6.09 Å². The first-order valence-corrected chi connectivity index (χ1v) is 15.1. The van der Waals surface area contributed by atoms with E-state index in [0.29, 0.717) is 44.3 Å². The van der Waals surface area contributed by atoms with Gasteiger partial charge >= 0.3 is 6.09 Å². The van der Waals surface area contributed by atoms with Crippen LogP contribution < -0.4 is 19.3 Å². The lowest BCUT2D eigenvalue weighted by molar-refractivity contribution is 0.0240. The number of hydrogen-bond donors (Lipinski definition) is 0. The molecule has 0 atom stereocenters. The van der Waals surface area contributed by atoms with Crippen LogP contribution in [0, 0.1) is 0 Å². The van der Waals surface area contributed by atoms with Crippen LogP contribution in [0.2, 0.25) is 0 Å². The number of carbonyl (C=O) groups excluding carboxylic acids is 1. The molecule has 11 heteroatoms. The molecule has 11 nitrogen and oxygen atoms in total. The van der Waals surface area contributed by atoms with Crippen molar-refractivity contribution in [2.45, 2.75) is 45.6 Å². The second-order valence-corrected chi connectivity index (χ2v) is 12.4. The lowest BCUT2D eigenvalue weighted by atomic mass is 10.1. The second kappa shape index (κ2) is 12.9. The summed E-state index contributed by atoms with van der Waals surface area (Å²) in [5.41, 5.74) is 0.337. The number of ether oxygens (including phenoxy) is 3. The summed E-state index contributed by atoms with van der Waals surface area (Å²) in [5.74, 6) is 3.03. The van der Waals surface area contributed by atoms with E-state index in [1.54, 1.807) is 12.0 Å². The fourth-order valence-corrected chi connectivity index (χ4v) is 5.65. The van der Waals surface area contributed by atoms with Crippen LogP contribution in [-0.2, 0) is 4.74 Å². The molecule has 1 aromatic carbocycles. The minimum absolute atomic E-state index is 0.265. The molecule has 4 heterocycles. The van der Waals surface area contributed by atoms with Crippen LogP contribution in [0.3, 0.4) is 0 Å². The Morgan fingerprint density at radius 1 is 0.878 bits per heavy atom. The Hall–Kier alpha value is -3.05. The van der Waals surface area contributed by atoms with E-state index in [1.807, 2.05) is 32.9 Å². The zero-order chi connectivity index (χ0) is 29.0. The Bertz CT molecular complexity index is 1180. The fraction of sp³-hybridized carbons (Fsp3) is 0.700. The van der Waals surface area contributed by atoms with E-state index >= 15 is 0 Å². The van der Waals surface area contributed by atoms with Crippen molar-refractivity contribution in [1.29, 1.82) is 0 Å². The zero-order valence-electron chi connectivity index (χ0n) is 25.5. The Balaban J connectivity index is 1.33.